The monoisotopic (exact) mass is 424 g/mol. The Morgan fingerprint density at radius 1 is 1.10 bits per heavy atom. The van der Waals surface area contributed by atoms with Crippen molar-refractivity contribution >= 4 is 45.0 Å². The molecule has 2 heterocycles. The molecule has 2 aromatic carbocycles. The van der Waals surface area contributed by atoms with Crippen LogP contribution in [-0.2, 0) is 6.54 Å². The zero-order chi connectivity index (χ0) is 20.2. The summed E-state index contributed by atoms with van der Waals surface area (Å²) in [6.07, 6.45) is 0. The Kier molecular flexibility index (Phi) is 6.33. The maximum Gasteiger partial charge on any atom is 0.175 e. The minimum atomic E-state index is 0.139. The van der Waals surface area contributed by atoms with Crippen molar-refractivity contribution in [2.45, 2.75) is 13.5 Å². The molecule has 0 spiro atoms. The molecule has 0 atom stereocenters. The van der Waals surface area contributed by atoms with E-state index in [1.54, 1.807) is 4.90 Å². The second-order valence-electron chi connectivity index (χ2n) is 7.55. The molecule has 0 radical (unpaired) electrons. The Hall–Kier alpha value is -2.15. The largest absolute Gasteiger partial charge is 0.358 e. The van der Waals surface area contributed by atoms with E-state index in [9.17, 15) is 4.79 Å². The van der Waals surface area contributed by atoms with Gasteiger partial charge in [0.2, 0.25) is 0 Å². The molecular formula is C23H26N3OS2+. The highest BCUT2D eigenvalue weighted by atomic mass is 32.2. The zero-order valence-electron chi connectivity index (χ0n) is 16.6. The number of hydrogen-bond acceptors (Lipinski definition) is 3. The first-order chi connectivity index (χ1) is 14.1. The van der Waals surface area contributed by atoms with Gasteiger partial charge in [-0.25, -0.2) is 0 Å². The highest BCUT2D eigenvalue weighted by molar-refractivity contribution is 8.23. The van der Waals surface area contributed by atoms with Gasteiger partial charge in [-0.15, -0.1) is 0 Å². The number of H-pyrrole nitrogens is 1. The van der Waals surface area contributed by atoms with Crippen molar-refractivity contribution in [3.63, 3.8) is 0 Å². The molecule has 29 heavy (non-hydrogen) atoms. The molecule has 1 aliphatic rings. The number of piperazine rings is 1. The van der Waals surface area contributed by atoms with Crippen LogP contribution in [0.2, 0.25) is 0 Å². The average molecular weight is 425 g/mol. The summed E-state index contributed by atoms with van der Waals surface area (Å²) < 4.78 is 0.842. The minimum absolute atomic E-state index is 0.139. The number of fused-ring (bicyclic) bond motifs is 1. The molecule has 0 unspecified atom stereocenters. The van der Waals surface area contributed by atoms with Crippen molar-refractivity contribution in [3.8, 4) is 0 Å². The maximum atomic E-state index is 12.9. The SMILES string of the molecule is Cc1[nH]c2ccccc2c1C(=O)CSC(=S)N1CC[NH+](Cc2ccccc2)CC1. The summed E-state index contributed by atoms with van der Waals surface area (Å²) in [6, 6.07) is 18.6. The van der Waals surface area contributed by atoms with E-state index in [1.165, 1.54) is 17.3 Å². The van der Waals surface area contributed by atoms with Gasteiger partial charge in [0.25, 0.3) is 0 Å². The third-order valence-electron chi connectivity index (χ3n) is 5.52. The smallest absolute Gasteiger partial charge is 0.175 e. The number of benzene rings is 2. The van der Waals surface area contributed by atoms with Crippen molar-refractivity contribution < 1.29 is 9.69 Å². The lowest BCUT2D eigenvalue weighted by Crippen LogP contribution is -3.13. The molecule has 1 aromatic heterocycles. The first-order valence-electron chi connectivity index (χ1n) is 10.0. The van der Waals surface area contributed by atoms with Gasteiger partial charge in [0.05, 0.1) is 31.9 Å². The molecule has 0 aliphatic carbocycles. The summed E-state index contributed by atoms with van der Waals surface area (Å²) in [5.41, 5.74) is 4.12. The van der Waals surface area contributed by atoms with Crippen LogP contribution in [0.1, 0.15) is 21.6 Å². The Morgan fingerprint density at radius 2 is 1.79 bits per heavy atom. The number of carbonyl (C=O) groups excluding carboxylic acids is 1. The fourth-order valence-electron chi connectivity index (χ4n) is 3.99. The summed E-state index contributed by atoms with van der Waals surface area (Å²) >= 11 is 7.13. The topological polar surface area (TPSA) is 40.5 Å². The highest BCUT2D eigenvalue weighted by Crippen LogP contribution is 2.24. The number of para-hydroxylation sites is 1. The Bertz CT molecular complexity index is 1010. The van der Waals surface area contributed by atoms with Gasteiger partial charge in [-0.05, 0) is 13.0 Å². The maximum absolute atomic E-state index is 12.9. The van der Waals surface area contributed by atoms with E-state index in [2.05, 4.69) is 40.2 Å². The summed E-state index contributed by atoms with van der Waals surface area (Å²) in [5, 5.41) is 1.000. The van der Waals surface area contributed by atoms with Crippen molar-refractivity contribution in [1.29, 1.82) is 0 Å². The van der Waals surface area contributed by atoms with Gasteiger partial charge in [-0.3, -0.25) is 4.79 Å². The van der Waals surface area contributed by atoms with Crippen molar-refractivity contribution in [2.24, 2.45) is 0 Å². The number of hydrogen-bond donors (Lipinski definition) is 2. The Labute approximate surface area is 181 Å². The number of rotatable bonds is 5. The molecule has 4 rings (SSSR count). The van der Waals surface area contributed by atoms with Crippen LogP contribution >= 0.6 is 24.0 Å². The summed E-state index contributed by atoms with van der Waals surface area (Å²) in [4.78, 5) is 20.0. The van der Waals surface area contributed by atoms with E-state index in [0.29, 0.717) is 5.75 Å². The first kappa shape index (κ1) is 20.1. The van der Waals surface area contributed by atoms with Gasteiger partial charge in [-0.1, -0.05) is 72.5 Å². The lowest BCUT2D eigenvalue weighted by Gasteiger charge is -2.33. The number of quaternary nitrogens is 1. The molecule has 150 valence electrons. The normalized spacial score (nSPS) is 15.0. The first-order valence-corrected chi connectivity index (χ1v) is 11.4. The summed E-state index contributed by atoms with van der Waals surface area (Å²) in [5.74, 6) is 0.527. The van der Waals surface area contributed by atoms with Crippen LogP contribution < -0.4 is 4.90 Å². The van der Waals surface area contributed by atoms with Gasteiger partial charge in [0, 0.05) is 27.7 Å². The molecule has 1 saturated heterocycles. The van der Waals surface area contributed by atoms with Crippen LogP contribution in [0.25, 0.3) is 10.9 Å². The lowest BCUT2D eigenvalue weighted by molar-refractivity contribution is -0.917. The van der Waals surface area contributed by atoms with Crippen LogP contribution in [0.15, 0.2) is 54.6 Å². The molecule has 1 fully saturated rings. The van der Waals surface area contributed by atoms with E-state index >= 15 is 0 Å². The number of aryl methyl sites for hydroxylation is 1. The van der Waals surface area contributed by atoms with Crippen LogP contribution in [0.3, 0.4) is 0 Å². The van der Waals surface area contributed by atoms with Crippen molar-refractivity contribution in [1.82, 2.24) is 9.88 Å². The number of thiocarbonyl (C=S) groups is 1. The van der Waals surface area contributed by atoms with Crippen LogP contribution in [0.4, 0.5) is 0 Å². The van der Waals surface area contributed by atoms with E-state index in [0.717, 1.165) is 59.2 Å². The fraction of sp³-hybridized carbons (Fsp3) is 0.304. The number of carbonyl (C=O) groups is 1. The van der Waals surface area contributed by atoms with E-state index in [4.69, 9.17) is 12.2 Å². The summed E-state index contributed by atoms with van der Waals surface area (Å²) in [6.45, 7) is 7.08. The average Bonchev–Trinajstić information content (AvgIpc) is 3.09. The number of aromatic nitrogens is 1. The number of thioether (sulfide) groups is 1. The third-order valence-corrected chi connectivity index (χ3v) is 7.05. The predicted octanol–water partition coefficient (Wildman–Crippen LogP) is 3.08. The van der Waals surface area contributed by atoms with Gasteiger partial charge in [0.1, 0.15) is 10.9 Å². The predicted molar refractivity (Wildman–Crippen MR) is 125 cm³/mol. The second-order valence-corrected chi connectivity index (χ2v) is 9.16. The number of aromatic amines is 1. The van der Waals surface area contributed by atoms with E-state index in [-0.39, 0.29) is 5.78 Å². The van der Waals surface area contributed by atoms with Gasteiger partial charge >= 0.3 is 0 Å². The third kappa shape index (κ3) is 4.71. The number of nitrogens with one attached hydrogen (secondary N) is 2. The Morgan fingerprint density at radius 3 is 2.55 bits per heavy atom. The minimum Gasteiger partial charge on any atom is -0.358 e. The van der Waals surface area contributed by atoms with Crippen LogP contribution in [-0.4, -0.2) is 51.9 Å². The van der Waals surface area contributed by atoms with Gasteiger partial charge in [0.15, 0.2) is 5.78 Å². The van der Waals surface area contributed by atoms with Gasteiger partial charge < -0.3 is 14.8 Å². The van der Waals surface area contributed by atoms with Crippen molar-refractivity contribution in [2.75, 3.05) is 31.9 Å². The standard InChI is InChI=1S/C23H25N3OS2/c1-17-22(19-9-5-6-10-20(19)24-17)21(27)16-29-23(28)26-13-11-25(12-14-26)15-18-7-3-2-4-8-18/h2-10,24H,11-16H2,1H3/p+1. The lowest BCUT2D eigenvalue weighted by atomic mass is 10.1. The van der Waals surface area contributed by atoms with Crippen LogP contribution in [0, 0.1) is 6.92 Å². The fourth-order valence-corrected chi connectivity index (χ4v) is 5.12. The molecule has 0 amide bonds. The van der Waals surface area contributed by atoms with Crippen LogP contribution in [0.5, 0.6) is 0 Å². The molecule has 2 N–H and O–H groups in total. The zero-order valence-corrected chi connectivity index (χ0v) is 18.2. The summed E-state index contributed by atoms with van der Waals surface area (Å²) in [7, 11) is 0. The number of ketones is 1. The Balaban J connectivity index is 1.29. The molecule has 1 aliphatic heterocycles. The second kappa shape index (κ2) is 9.11. The molecule has 6 heteroatoms. The molecule has 3 aromatic rings. The van der Waals surface area contributed by atoms with Gasteiger partial charge in [-0.2, -0.15) is 0 Å². The number of nitrogens with zero attached hydrogens (tertiary/aromatic N) is 1. The molecule has 0 bridgehead atoms. The quantitative estimate of drug-likeness (QED) is 0.488. The van der Waals surface area contributed by atoms with E-state index < -0.39 is 0 Å². The highest BCUT2D eigenvalue weighted by Gasteiger charge is 2.23. The number of Topliss-reactive ketones (excluding diaryl/α,β-unsaturated/α-hetero) is 1. The molecular weight excluding hydrogens is 398 g/mol. The van der Waals surface area contributed by atoms with E-state index in [1.807, 2.05) is 31.2 Å². The van der Waals surface area contributed by atoms with Crippen molar-refractivity contribution in [3.05, 3.63) is 71.4 Å². The molecule has 0 saturated carbocycles. The molecule has 4 nitrogen and oxygen atoms in total.